The third-order valence-electron chi connectivity index (χ3n) is 13.5. The Kier molecular flexibility index (Phi) is 18.8. The van der Waals surface area contributed by atoms with Crippen molar-refractivity contribution >= 4 is 34.7 Å². The number of nitrogens with one attached hydrogen (secondary N) is 1. The van der Waals surface area contributed by atoms with Gasteiger partial charge in [0.2, 0.25) is 5.36 Å². The van der Waals surface area contributed by atoms with Crippen LogP contribution in [0.5, 0.6) is 11.5 Å². The minimum Gasteiger partial charge on any atom is -0.545 e. The molecule has 1 N–H and O–H groups in total. The smallest absolute Gasteiger partial charge is 0.251 e. The molecule has 0 saturated carbocycles. The van der Waals surface area contributed by atoms with Crippen molar-refractivity contribution in [2.75, 3.05) is 123 Å². The van der Waals surface area contributed by atoms with Gasteiger partial charge in [0.05, 0.1) is 84.2 Å². The van der Waals surface area contributed by atoms with E-state index in [4.69, 9.17) is 44.8 Å². The van der Waals surface area contributed by atoms with Gasteiger partial charge >= 0.3 is 0 Å². The van der Waals surface area contributed by atoms with E-state index in [9.17, 15) is 14.7 Å². The number of rotatable bonds is 27. The number of carboxylic acids is 1. The average Bonchev–Trinajstić information content (AvgIpc) is 3.69. The Labute approximate surface area is 400 Å². The van der Waals surface area contributed by atoms with E-state index in [0.29, 0.717) is 83.8 Å². The van der Waals surface area contributed by atoms with Crippen molar-refractivity contribution in [2.45, 2.75) is 89.9 Å². The zero-order valence-corrected chi connectivity index (χ0v) is 40.1. The van der Waals surface area contributed by atoms with E-state index in [1.54, 1.807) is 12.1 Å². The minimum absolute atomic E-state index is 0.0571. The third-order valence-corrected chi connectivity index (χ3v) is 13.8. The van der Waals surface area contributed by atoms with Gasteiger partial charge in [0.15, 0.2) is 0 Å². The van der Waals surface area contributed by atoms with E-state index in [-0.39, 0.29) is 18.0 Å². The number of aromatic carboxylic acids is 1. The molecule has 8 rings (SSSR count). The maximum atomic E-state index is 13.8. The molecular weight excluding hydrogens is 874 g/mol. The number of nitrogens with zero attached hydrogens (tertiary/aromatic N) is 2. The number of carbonyl (C=O) groups is 2. The molecule has 67 heavy (non-hydrogen) atoms. The molecule has 0 aromatic heterocycles. The van der Waals surface area contributed by atoms with Gasteiger partial charge in [0.25, 0.3) is 5.91 Å². The number of carbonyl (C=O) groups excluding carboxylic acids is 2. The lowest BCUT2D eigenvalue weighted by atomic mass is 9.82. The summed E-state index contributed by atoms with van der Waals surface area (Å²) in [5.74, 6) is 0.816. The Morgan fingerprint density at radius 2 is 1.28 bits per heavy atom. The van der Waals surface area contributed by atoms with Crippen molar-refractivity contribution in [1.82, 2.24) is 9.89 Å². The second-order valence-electron chi connectivity index (χ2n) is 18.1. The number of halogens is 1. The van der Waals surface area contributed by atoms with Gasteiger partial charge in [-0.25, -0.2) is 4.58 Å². The molecule has 0 radical (unpaired) electrons. The van der Waals surface area contributed by atoms with Crippen LogP contribution in [0.2, 0.25) is 0 Å². The highest BCUT2D eigenvalue weighted by Gasteiger charge is 2.35. The molecular formula is C53H70ClN3O10. The number of benzene rings is 3. The van der Waals surface area contributed by atoms with Crippen LogP contribution >= 0.6 is 11.6 Å². The molecule has 0 unspecified atom stereocenters. The molecule has 3 aromatic rings. The zero-order chi connectivity index (χ0) is 46.2. The summed E-state index contributed by atoms with van der Waals surface area (Å²) in [4.78, 5) is 29.4. The Balaban J connectivity index is 0.851. The lowest BCUT2D eigenvalue weighted by Gasteiger charge is -2.36. The molecule has 0 spiro atoms. The first-order valence-electron chi connectivity index (χ1n) is 25.1. The lowest BCUT2D eigenvalue weighted by molar-refractivity contribution is -0.255. The summed E-state index contributed by atoms with van der Waals surface area (Å²) in [5, 5.41) is 18.2. The molecule has 0 saturated heterocycles. The second kappa shape index (κ2) is 25.5. The summed E-state index contributed by atoms with van der Waals surface area (Å²) in [6.07, 6.45) is 14.7. The minimum atomic E-state index is -1.28. The van der Waals surface area contributed by atoms with Crippen LogP contribution < -0.4 is 35.2 Å². The quantitative estimate of drug-likeness (QED) is 0.0497. The number of unbranched alkanes of at least 4 members (excludes halogenated alkanes) is 3. The molecule has 0 fully saturated rings. The van der Waals surface area contributed by atoms with Crippen LogP contribution in [0.4, 0.5) is 5.69 Å². The van der Waals surface area contributed by atoms with E-state index in [2.05, 4.69) is 26.9 Å². The monoisotopic (exact) mass is 943 g/mol. The molecule has 0 aliphatic carbocycles. The van der Waals surface area contributed by atoms with E-state index < -0.39 is 5.97 Å². The summed E-state index contributed by atoms with van der Waals surface area (Å²) < 4.78 is 43.4. The summed E-state index contributed by atoms with van der Waals surface area (Å²) in [6, 6.07) is 9.38. The third kappa shape index (κ3) is 12.6. The van der Waals surface area contributed by atoms with Gasteiger partial charge in [-0.2, -0.15) is 0 Å². The number of fused-ring (bicyclic) bond motifs is 4. The van der Waals surface area contributed by atoms with Gasteiger partial charge < -0.3 is 53.3 Å². The normalized spacial score (nSPS) is 16.0. The highest BCUT2D eigenvalue weighted by atomic mass is 35.5. The fourth-order valence-corrected chi connectivity index (χ4v) is 10.6. The number of ether oxygens (including phenoxy) is 7. The van der Waals surface area contributed by atoms with Gasteiger partial charge in [-0.1, -0.05) is 18.9 Å². The first-order valence-corrected chi connectivity index (χ1v) is 25.7. The van der Waals surface area contributed by atoms with Crippen molar-refractivity contribution < 1.29 is 47.9 Å². The fourth-order valence-electron chi connectivity index (χ4n) is 10.4. The van der Waals surface area contributed by atoms with Crippen molar-refractivity contribution in [3.8, 4) is 11.5 Å². The largest absolute Gasteiger partial charge is 0.545 e. The summed E-state index contributed by atoms with van der Waals surface area (Å²) >= 11 is 5.69. The number of carboxylic acid groups (broad SMARTS) is 1. The van der Waals surface area contributed by atoms with Crippen LogP contribution in [-0.2, 0) is 54.1 Å². The van der Waals surface area contributed by atoms with E-state index in [1.807, 2.05) is 0 Å². The molecule has 5 heterocycles. The fraction of sp³-hybridized carbons (Fsp3) is 0.604. The average molecular weight is 945 g/mol. The highest BCUT2D eigenvalue weighted by molar-refractivity contribution is 6.17. The molecule has 5 aliphatic heterocycles. The first-order chi connectivity index (χ1) is 33.0. The van der Waals surface area contributed by atoms with E-state index in [0.717, 1.165) is 156 Å². The Hall–Kier alpha value is -4.08. The topological polar surface area (TPSA) is 140 Å². The Bertz CT molecular complexity index is 2300. The van der Waals surface area contributed by atoms with E-state index >= 15 is 0 Å². The zero-order valence-electron chi connectivity index (χ0n) is 39.4. The van der Waals surface area contributed by atoms with Gasteiger partial charge in [0.1, 0.15) is 24.6 Å². The molecule has 14 heteroatoms. The van der Waals surface area contributed by atoms with Crippen molar-refractivity contribution in [2.24, 2.45) is 0 Å². The van der Waals surface area contributed by atoms with Gasteiger partial charge in [-0.15, -0.1) is 11.6 Å². The van der Waals surface area contributed by atoms with Crippen LogP contribution in [0, 0.1) is 0 Å². The molecule has 364 valence electrons. The maximum absolute atomic E-state index is 13.8. The summed E-state index contributed by atoms with van der Waals surface area (Å²) in [6.45, 7) is 10.3. The standard InChI is InChI=1S/C53H70ClN3O10/c54-17-5-1-2-8-23-61-25-27-63-29-31-65-33-34-66-32-30-64-28-26-62-24-18-55-52(58)40-15-16-41(53(59)60)44(37-40)47-45-35-38-11-3-6-19-56-21-9-13-42(48(38)56)50(45)67-51-43-14-10-22-57-20-7-4-12-39(49(43)57)36-46(47)51/h15-16,35-37H,1-14,17-34H2,(H-,55,58,59,60). The maximum Gasteiger partial charge on any atom is 0.251 e. The molecule has 0 atom stereocenters. The number of aryl methyl sites for hydroxylation is 2. The van der Waals surface area contributed by atoms with Crippen LogP contribution in [-0.4, -0.2) is 130 Å². The van der Waals surface area contributed by atoms with Gasteiger partial charge in [-0.05, 0) is 99.6 Å². The first kappa shape index (κ1) is 49.3. The Morgan fingerprint density at radius 3 is 2.01 bits per heavy atom. The van der Waals surface area contributed by atoms with Gasteiger partial charge in [0, 0.05) is 89.3 Å². The lowest BCUT2D eigenvalue weighted by Crippen LogP contribution is -2.41. The highest BCUT2D eigenvalue weighted by Crippen LogP contribution is 2.48. The number of hydrogen-bond acceptors (Lipinski definition) is 11. The SMILES string of the molecule is O=C(NCCOCCOCCOCCOCCOCCOCCCCCCCl)c1ccc(C(=O)[O-])c(C2=c3cc4c5c(c3Oc3c2cc2c6c3CCCN6CCCC2)CCC[N+]=5CCCC4)c1. The summed E-state index contributed by atoms with van der Waals surface area (Å²) in [5.41, 5.74) is 8.95. The number of hydrogen-bond donors (Lipinski definition) is 1. The predicted molar refractivity (Wildman–Crippen MR) is 257 cm³/mol. The van der Waals surface area contributed by atoms with E-state index in [1.165, 1.54) is 39.4 Å². The van der Waals surface area contributed by atoms with Crippen LogP contribution in [0.3, 0.4) is 0 Å². The molecule has 1 amide bonds. The predicted octanol–water partition coefficient (Wildman–Crippen LogP) is 4.89. The number of alkyl halides is 1. The van der Waals surface area contributed by atoms with Crippen LogP contribution in [0.25, 0.3) is 5.57 Å². The molecule has 0 bridgehead atoms. The molecule has 5 aliphatic rings. The molecule has 3 aromatic carbocycles. The summed E-state index contributed by atoms with van der Waals surface area (Å²) in [7, 11) is 0. The van der Waals surface area contributed by atoms with Crippen LogP contribution in [0.15, 0.2) is 30.3 Å². The van der Waals surface area contributed by atoms with Crippen LogP contribution in [0.1, 0.15) is 118 Å². The Morgan fingerprint density at radius 1 is 0.642 bits per heavy atom. The van der Waals surface area contributed by atoms with Crippen molar-refractivity contribution in [3.05, 3.63) is 85.4 Å². The van der Waals surface area contributed by atoms with Crippen molar-refractivity contribution in [3.63, 3.8) is 0 Å². The van der Waals surface area contributed by atoms with Crippen molar-refractivity contribution in [1.29, 1.82) is 0 Å². The van der Waals surface area contributed by atoms with Gasteiger partial charge in [-0.3, -0.25) is 4.79 Å². The number of amides is 1. The molecule has 13 nitrogen and oxygen atoms in total. The second-order valence-corrected chi connectivity index (χ2v) is 18.5. The number of anilines is 1.